The molecule has 0 aliphatic rings. The van der Waals surface area contributed by atoms with Gasteiger partial charge in [-0.25, -0.2) is 8.78 Å². The van der Waals surface area contributed by atoms with Crippen molar-refractivity contribution in [3.8, 4) is 0 Å². The number of methoxy groups -OCH3 is 1. The summed E-state index contributed by atoms with van der Waals surface area (Å²) >= 11 is 0. The van der Waals surface area contributed by atoms with Crippen molar-refractivity contribution in [1.29, 1.82) is 0 Å². The molecule has 12 heavy (non-hydrogen) atoms. The quantitative estimate of drug-likeness (QED) is 0.496. The number of halogens is 2. The van der Waals surface area contributed by atoms with Crippen molar-refractivity contribution in [3.63, 3.8) is 0 Å². The predicted octanol–water partition coefficient (Wildman–Crippen LogP) is 1.56. The first-order valence-electron chi connectivity index (χ1n) is 3.79. The van der Waals surface area contributed by atoms with E-state index in [1.165, 1.54) is 7.11 Å². The molecule has 1 atom stereocenters. The lowest BCUT2D eigenvalue weighted by molar-refractivity contribution is -0.0259. The van der Waals surface area contributed by atoms with Crippen molar-refractivity contribution in [2.75, 3.05) is 13.7 Å². The van der Waals surface area contributed by atoms with E-state index in [4.69, 9.17) is 5.73 Å². The van der Waals surface area contributed by atoms with Gasteiger partial charge in [-0.3, -0.25) is 0 Å². The normalized spacial score (nSPS) is 14.3. The maximum Gasteiger partial charge on any atom is 0.266 e. The van der Waals surface area contributed by atoms with Gasteiger partial charge in [0.1, 0.15) is 0 Å². The number of nitrogens with two attached hydrogens (primary N) is 1. The van der Waals surface area contributed by atoms with Gasteiger partial charge in [0.25, 0.3) is 5.92 Å². The molecule has 0 fully saturated rings. The fraction of sp³-hybridized carbons (Fsp3) is 0.750. The average molecular weight is 179 g/mol. The standard InChI is InChI=1S/C8H15F2NO/c1-3-7(11)8(9,10)5-4-6-12-2/h3,7H,1,4-6,11H2,2H3. The molecule has 0 spiro atoms. The Kier molecular flexibility index (Phi) is 5.01. The molecule has 0 aliphatic heterocycles. The van der Waals surface area contributed by atoms with Crippen molar-refractivity contribution in [1.82, 2.24) is 0 Å². The van der Waals surface area contributed by atoms with Gasteiger partial charge in [0.05, 0.1) is 6.04 Å². The lowest BCUT2D eigenvalue weighted by Gasteiger charge is -2.20. The third-order valence-corrected chi connectivity index (χ3v) is 1.60. The first kappa shape index (κ1) is 11.5. The van der Waals surface area contributed by atoms with E-state index in [0.29, 0.717) is 13.0 Å². The first-order valence-corrected chi connectivity index (χ1v) is 3.79. The molecular formula is C8H15F2NO. The molecule has 1 unspecified atom stereocenters. The molecule has 0 aromatic carbocycles. The Morgan fingerprint density at radius 2 is 2.25 bits per heavy atom. The third-order valence-electron chi connectivity index (χ3n) is 1.60. The fourth-order valence-corrected chi connectivity index (χ4v) is 0.791. The second-order valence-corrected chi connectivity index (χ2v) is 2.62. The smallest absolute Gasteiger partial charge is 0.266 e. The summed E-state index contributed by atoms with van der Waals surface area (Å²) in [7, 11) is 1.48. The topological polar surface area (TPSA) is 35.2 Å². The Morgan fingerprint density at radius 1 is 1.67 bits per heavy atom. The molecule has 0 aliphatic carbocycles. The number of hydrogen-bond donors (Lipinski definition) is 1. The van der Waals surface area contributed by atoms with Gasteiger partial charge < -0.3 is 10.5 Å². The van der Waals surface area contributed by atoms with Crippen molar-refractivity contribution in [2.45, 2.75) is 24.8 Å². The third kappa shape index (κ3) is 3.78. The largest absolute Gasteiger partial charge is 0.385 e. The van der Waals surface area contributed by atoms with Crippen LogP contribution in [0.5, 0.6) is 0 Å². The molecule has 2 N–H and O–H groups in total. The maximum absolute atomic E-state index is 12.9. The summed E-state index contributed by atoms with van der Waals surface area (Å²) in [4.78, 5) is 0. The van der Waals surface area contributed by atoms with Gasteiger partial charge in [-0.2, -0.15) is 0 Å². The molecule has 0 bridgehead atoms. The minimum atomic E-state index is -2.86. The monoisotopic (exact) mass is 179 g/mol. The summed E-state index contributed by atoms with van der Waals surface area (Å²) in [5.41, 5.74) is 5.12. The van der Waals surface area contributed by atoms with Crippen LogP contribution in [0.1, 0.15) is 12.8 Å². The number of rotatable bonds is 6. The Hall–Kier alpha value is -0.480. The van der Waals surface area contributed by atoms with E-state index in [1.54, 1.807) is 0 Å². The van der Waals surface area contributed by atoms with E-state index >= 15 is 0 Å². The van der Waals surface area contributed by atoms with Gasteiger partial charge in [0, 0.05) is 20.1 Å². The van der Waals surface area contributed by atoms with Gasteiger partial charge in [-0.15, -0.1) is 6.58 Å². The molecule has 0 saturated carbocycles. The van der Waals surface area contributed by atoms with Crippen LogP contribution in [-0.2, 0) is 4.74 Å². The van der Waals surface area contributed by atoms with Gasteiger partial charge in [-0.05, 0) is 6.42 Å². The molecule has 0 rings (SSSR count). The Balaban J connectivity index is 3.77. The minimum absolute atomic E-state index is 0.256. The van der Waals surface area contributed by atoms with Crippen LogP contribution >= 0.6 is 0 Å². The summed E-state index contributed by atoms with van der Waals surface area (Å²) in [6.45, 7) is 3.55. The van der Waals surface area contributed by atoms with Gasteiger partial charge in [0.15, 0.2) is 0 Å². The molecule has 0 radical (unpaired) electrons. The zero-order valence-corrected chi connectivity index (χ0v) is 7.22. The van der Waals surface area contributed by atoms with Crippen LogP contribution < -0.4 is 5.73 Å². The van der Waals surface area contributed by atoms with Crippen LogP contribution in [0.15, 0.2) is 12.7 Å². The van der Waals surface area contributed by atoms with Crippen molar-refractivity contribution < 1.29 is 13.5 Å². The number of ether oxygens (including phenoxy) is 1. The van der Waals surface area contributed by atoms with Crippen LogP contribution in [-0.4, -0.2) is 25.7 Å². The summed E-state index contributed by atoms with van der Waals surface area (Å²) in [6.07, 6.45) is 1.12. The van der Waals surface area contributed by atoms with Crippen molar-refractivity contribution in [2.24, 2.45) is 5.73 Å². The van der Waals surface area contributed by atoms with E-state index in [9.17, 15) is 8.78 Å². The Bertz CT molecular complexity index is 139. The lowest BCUT2D eigenvalue weighted by atomic mass is 10.1. The van der Waals surface area contributed by atoms with Crippen molar-refractivity contribution in [3.05, 3.63) is 12.7 Å². The highest BCUT2D eigenvalue weighted by molar-refractivity contribution is 4.93. The number of alkyl halides is 2. The summed E-state index contributed by atoms with van der Waals surface area (Å²) in [6, 6.07) is -1.26. The second-order valence-electron chi connectivity index (χ2n) is 2.62. The molecule has 0 amide bonds. The molecule has 0 aromatic heterocycles. The highest BCUT2D eigenvalue weighted by Gasteiger charge is 2.34. The summed E-state index contributed by atoms with van der Waals surface area (Å²) in [5, 5.41) is 0. The summed E-state index contributed by atoms with van der Waals surface area (Å²) in [5.74, 6) is -2.86. The minimum Gasteiger partial charge on any atom is -0.385 e. The second kappa shape index (κ2) is 5.22. The molecule has 0 heterocycles. The van der Waals surface area contributed by atoms with E-state index in [0.717, 1.165) is 6.08 Å². The lowest BCUT2D eigenvalue weighted by Crippen LogP contribution is -2.39. The highest BCUT2D eigenvalue weighted by atomic mass is 19.3. The van der Waals surface area contributed by atoms with Gasteiger partial charge in [0.2, 0.25) is 0 Å². The molecular weight excluding hydrogens is 164 g/mol. The van der Waals surface area contributed by atoms with Crippen LogP contribution in [0.25, 0.3) is 0 Å². The van der Waals surface area contributed by atoms with Crippen molar-refractivity contribution >= 4 is 0 Å². The van der Waals surface area contributed by atoms with E-state index in [1.807, 2.05) is 0 Å². The SMILES string of the molecule is C=CC(N)C(F)(F)CCCOC. The predicted molar refractivity (Wildman–Crippen MR) is 44.2 cm³/mol. The molecule has 2 nitrogen and oxygen atoms in total. The fourth-order valence-electron chi connectivity index (χ4n) is 0.791. The zero-order valence-electron chi connectivity index (χ0n) is 7.22. The molecule has 0 aromatic rings. The zero-order chi connectivity index (χ0) is 9.61. The molecule has 72 valence electrons. The van der Waals surface area contributed by atoms with Crippen LogP contribution in [0, 0.1) is 0 Å². The molecule has 0 saturated heterocycles. The highest BCUT2D eigenvalue weighted by Crippen LogP contribution is 2.23. The average Bonchev–Trinajstić information content (AvgIpc) is 2.03. The number of hydrogen-bond acceptors (Lipinski definition) is 2. The van der Waals surface area contributed by atoms with Gasteiger partial charge >= 0.3 is 0 Å². The molecule has 4 heteroatoms. The van der Waals surface area contributed by atoms with E-state index in [-0.39, 0.29) is 6.42 Å². The van der Waals surface area contributed by atoms with E-state index in [2.05, 4.69) is 11.3 Å². The maximum atomic E-state index is 12.9. The van der Waals surface area contributed by atoms with Crippen LogP contribution in [0.4, 0.5) is 8.78 Å². The Labute approximate surface area is 71.4 Å². The van der Waals surface area contributed by atoms with E-state index < -0.39 is 12.0 Å². The van der Waals surface area contributed by atoms with Crippen LogP contribution in [0.3, 0.4) is 0 Å². The van der Waals surface area contributed by atoms with Gasteiger partial charge in [-0.1, -0.05) is 6.08 Å². The first-order chi connectivity index (χ1) is 5.54. The Morgan fingerprint density at radius 3 is 2.67 bits per heavy atom. The summed E-state index contributed by atoms with van der Waals surface area (Å²) < 4.78 is 30.4. The van der Waals surface area contributed by atoms with Crippen LogP contribution in [0.2, 0.25) is 0 Å².